The third-order valence-corrected chi connectivity index (χ3v) is 9.94. The topological polar surface area (TPSA) is 131 Å². The summed E-state index contributed by atoms with van der Waals surface area (Å²) in [4.78, 5) is 44.3. The highest BCUT2D eigenvalue weighted by Crippen LogP contribution is 2.42. The fraction of sp³-hybridized carbons (Fsp3) is 0.389. The van der Waals surface area contributed by atoms with E-state index < -0.39 is 0 Å². The lowest BCUT2D eigenvalue weighted by atomic mass is 9.98. The summed E-state index contributed by atoms with van der Waals surface area (Å²) in [7, 11) is 4.96. The molecule has 49 heavy (non-hydrogen) atoms. The van der Waals surface area contributed by atoms with Gasteiger partial charge >= 0.3 is 0 Å². The monoisotopic (exact) mass is 703 g/mol. The van der Waals surface area contributed by atoms with Gasteiger partial charge in [0, 0.05) is 61.4 Å². The lowest BCUT2D eigenvalue weighted by molar-refractivity contribution is -0.129. The van der Waals surface area contributed by atoms with Crippen LogP contribution in [-0.2, 0) is 22.6 Å². The fourth-order valence-electron chi connectivity index (χ4n) is 6.41. The highest BCUT2D eigenvalue weighted by atomic mass is 35.5. The predicted octanol–water partition coefficient (Wildman–Crippen LogP) is 5.76. The molecule has 2 saturated heterocycles. The van der Waals surface area contributed by atoms with Crippen molar-refractivity contribution in [1.82, 2.24) is 35.5 Å². The van der Waals surface area contributed by atoms with Crippen LogP contribution >= 0.6 is 23.2 Å². The van der Waals surface area contributed by atoms with Gasteiger partial charge in [0.25, 0.3) is 0 Å². The van der Waals surface area contributed by atoms with Gasteiger partial charge in [-0.15, -0.1) is 0 Å². The van der Waals surface area contributed by atoms with Crippen LogP contribution in [0.5, 0.6) is 11.8 Å². The molecule has 2 N–H and O–H groups in total. The van der Waals surface area contributed by atoms with Crippen molar-refractivity contribution in [2.45, 2.75) is 51.1 Å². The van der Waals surface area contributed by atoms with Crippen LogP contribution in [-0.4, -0.2) is 77.0 Å². The summed E-state index contributed by atoms with van der Waals surface area (Å²) < 4.78 is 11.2. The molecule has 1 unspecified atom stereocenters. The average Bonchev–Trinajstić information content (AvgIpc) is 3.68. The van der Waals surface area contributed by atoms with Gasteiger partial charge in [-0.1, -0.05) is 59.6 Å². The Morgan fingerprint density at radius 1 is 0.878 bits per heavy atom. The van der Waals surface area contributed by atoms with Gasteiger partial charge in [-0.25, -0.2) is 9.97 Å². The first-order valence-corrected chi connectivity index (χ1v) is 17.2. The summed E-state index contributed by atoms with van der Waals surface area (Å²) >= 11 is 14.1. The van der Waals surface area contributed by atoms with Gasteiger partial charge in [0.05, 0.1) is 54.0 Å². The van der Waals surface area contributed by atoms with Crippen LogP contribution in [0.2, 0.25) is 10.0 Å². The Hall–Kier alpha value is -4.32. The minimum Gasteiger partial charge on any atom is -0.480 e. The Kier molecular flexibility index (Phi) is 10.9. The van der Waals surface area contributed by atoms with Crippen molar-refractivity contribution in [1.29, 1.82) is 0 Å². The molecular weight excluding hydrogens is 665 g/mol. The van der Waals surface area contributed by atoms with Crippen LogP contribution in [0.15, 0.2) is 48.8 Å². The molecule has 4 aromatic rings. The number of benzene rings is 2. The summed E-state index contributed by atoms with van der Waals surface area (Å²) in [5.74, 6) is 1.07. The number of aryl methyl sites for hydroxylation is 1. The van der Waals surface area contributed by atoms with E-state index in [2.05, 4.69) is 20.6 Å². The lowest BCUT2D eigenvalue weighted by Gasteiger charge is -2.15. The van der Waals surface area contributed by atoms with Gasteiger partial charge in [0.15, 0.2) is 0 Å². The Morgan fingerprint density at radius 3 is 2.02 bits per heavy atom. The Labute approximate surface area is 295 Å². The number of halogens is 2. The first-order valence-electron chi connectivity index (χ1n) is 16.4. The molecule has 2 atom stereocenters. The molecule has 0 spiro atoms. The Balaban J connectivity index is 1.20. The number of rotatable bonds is 13. The van der Waals surface area contributed by atoms with Crippen molar-refractivity contribution in [3.05, 3.63) is 70.2 Å². The lowest BCUT2D eigenvalue weighted by Crippen LogP contribution is -2.30. The summed E-state index contributed by atoms with van der Waals surface area (Å²) in [6.07, 6.45) is 8.11. The zero-order valence-electron chi connectivity index (χ0n) is 27.8. The minimum absolute atomic E-state index is 0.0348. The molecule has 0 bridgehead atoms. The number of likely N-dealkylation sites (tertiary alicyclic amines) is 1. The largest absolute Gasteiger partial charge is 0.480 e. The standard InChI is InChI=1S/C36H39Cl2N7O4/c1-45-16-15-21(36(45)47)17-39-18-30-35(49-3)44-29(20-41-30)26-11-6-9-24(33(26)38)23-8-5-10-25(32(23)37)28-19-40-27(34(43-28)48-2)12-4-7-22-13-14-31(46)42-22/h5-6,8-11,19-22,39H,4,7,12-18H2,1-3H3,(H,42,46)/t21?,22-/m1/s1. The van der Waals surface area contributed by atoms with Crippen molar-refractivity contribution >= 4 is 35.0 Å². The van der Waals surface area contributed by atoms with Crippen molar-refractivity contribution in [3.63, 3.8) is 0 Å². The molecule has 4 heterocycles. The molecule has 2 aliphatic heterocycles. The number of carbonyl (C=O) groups is 2. The van der Waals surface area contributed by atoms with Gasteiger partial charge < -0.3 is 25.0 Å². The third-order valence-electron chi connectivity index (χ3n) is 9.12. The van der Waals surface area contributed by atoms with Gasteiger partial charge in [-0.05, 0) is 32.1 Å². The zero-order valence-corrected chi connectivity index (χ0v) is 29.3. The van der Waals surface area contributed by atoms with Gasteiger partial charge in [-0.2, -0.15) is 0 Å². The maximum atomic E-state index is 12.3. The van der Waals surface area contributed by atoms with Gasteiger partial charge in [0.1, 0.15) is 11.4 Å². The SMILES string of the molecule is COc1nc(-c2cccc(-c3cccc(-c4cnc(CNCC5CCN(C)C5=O)c(OC)n4)c3Cl)c2Cl)cnc1CCC[C@@H]1CCC(=O)N1. The first-order chi connectivity index (χ1) is 23.8. The van der Waals surface area contributed by atoms with Gasteiger partial charge in [0.2, 0.25) is 23.6 Å². The molecule has 2 aromatic heterocycles. The second-order valence-corrected chi connectivity index (χ2v) is 13.1. The number of hydrogen-bond donors (Lipinski definition) is 2. The molecule has 11 nitrogen and oxygen atoms in total. The van der Waals surface area contributed by atoms with Gasteiger partial charge in [-0.3, -0.25) is 19.6 Å². The van der Waals surface area contributed by atoms with Crippen molar-refractivity contribution in [2.24, 2.45) is 5.92 Å². The van der Waals surface area contributed by atoms with E-state index in [4.69, 9.17) is 42.6 Å². The Bertz CT molecular complexity index is 1860. The van der Waals surface area contributed by atoms with Crippen molar-refractivity contribution in [2.75, 3.05) is 34.4 Å². The molecule has 2 amide bonds. The predicted molar refractivity (Wildman–Crippen MR) is 189 cm³/mol. The smallest absolute Gasteiger partial charge is 0.237 e. The minimum atomic E-state index is -0.0348. The third kappa shape index (κ3) is 7.64. The maximum Gasteiger partial charge on any atom is 0.237 e. The van der Waals surface area contributed by atoms with Crippen molar-refractivity contribution in [3.8, 4) is 45.4 Å². The van der Waals surface area contributed by atoms with E-state index in [1.54, 1.807) is 31.5 Å². The summed E-state index contributed by atoms with van der Waals surface area (Å²) in [6.45, 7) is 1.75. The van der Waals surface area contributed by atoms with Crippen LogP contribution in [0.25, 0.3) is 33.6 Å². The van der Waals surface area contributed by atoms with Crippen molar-refractivity contribution < 1.29 is 19.1 Å². The molecule has 2 aromatic carbocycles. The molecule has 13 heteroatoms. The summed E-state index contributed by atoms with van der Waals surface area (Å²) in [5, 5.41) is 7.27. The zero-order chi connectivity index (χ0) is 34.5. The number of hydrogen-bond acceptors (Lipinski definition) is 9. The summed E-state index contributed by atoms with van der Waals surface area (Å²) in [6, 6.07) is 11.6. The van der Waals surface area contributed by atoms with E-state index in [9.17, 15) is 9.59 Å². The van der Waals surface area contributed by atoms with Crippen LogP contribution in [0, 0.1) is 5.92 Å². The number of amides is 2. The first kappa shape index (κ1) is 34.5. The highest BCUT2D eigenvalue weighted by molar-refractivity contribution is 6.39. The number of nitrogens with one attached hydrogen (secondary N) is 2. The molecular formula is C36H39Cl2N7O4. The van der Waals surface area contributed by atoms with E-state index in [1.807, 2.05) is 43.4 Å². The Morgan fingerprint density at radius 2 is 1.47 bits per heavy atom. The van der Waals surface area contributed by atoms with Crippen LogP contribution < -0.4 is 20.1 Å². The molecule has 2 fully saturated rings. The molecule has 0 saturated carbocycles. The van der Waals surface area contributed by atoms with E-state index >= 15 is 0 Å². The van der Waals surface area contributed by atoms with Crippen LogP contribution in [0.1, 0.15) is 43.5 Å². The molecule has 0 radical (unpaired) electrons. The number of methoxy groups -OCH3 is 2. The second-order valence-electron chi connectivity index (χ2n) is 12.3. The van der Waals surface area contributed by atoms with E-state index in [1.165, 1.54) is 0 Å². The number of carbonyl (C=O) groups excluding carboxylic acids is 2. The van der Waals surface area contributed by atoms with Crippen LogP contribution in [0.4, 0.5) is 0 Å². The quantitative estimate of drug-likeness (QED) is 0.178. The fourth-order valence-corrected chi connectivity index (χ4v) is 7.06. The van der Waals surface area contributed by atoms with Crippen LogP contribution in [0.3, 0.4) is 0 Å². The molecule has 6 rings (SSSR count). The van der Waals surface area contributed by atoms with E-state index in [0.29, 0.717) is 75.9 Å². The molecule has 0 aliphatic carbocycles. The maximum absolute atomic E-state index is 12.3. The second kappa shape index (κ2) is 15.5. The average molecular weight is 705 g/mol. The summed E-state index contributed by atoms with van der Waals surface area (Å²) in [5.41, 5.74) is 5.33. The number of nitrogens with zero attached hydrogens (tertiary/aromatic N) is 5. The number of aromatic nitrogens is 4. The molecule has 256 valence electrons. The normalized spacial score (nSPS) is 17.4. The highest BCUT2D eigenvalue weighted by Gasteiger charge is 2.28. The van der Waals surface area contributed by atoms with E-state index in [0.717, 1.165) is 49.0 Å². The molecule has 2 aliphatic rings. The number of ether oxygens (including phenoxy) is 2. The van der Waals surface area contributed by atoms with E-state index in [-0.39, 0.29) is 23.8 Å².